The molecule has 2 fully saturated rings. The van der Waals surface area contributed by atoms with Crippen LogP contribution in [0.4, 0.5) is 0 Å². The summed E-state index contributed by atoms with van der Waals surface area (Å²) in [7, 11) is 0. The first-order chi connectivity index (χ1) is 11.0. The van der Waals surface area contributed by atoms with E-state index >= 15 is 0 Å². The third-order valence-corrected chi connectivity index (χ3v) is 5.97. The lowest BCUT2D eigenvalue weighted by Gasteiger charge is -2.47. The van der Waals surface area contributed by atoms with Gasteiger partial charge in [0.25, 0.3) is 0 Å². The lowest BCUT2D eigenvalue weighted by molar-refractivity contribution is -0.143. The van der Waals surface area contributed by atoms with Crippen LogP contribution >= 0.6 is 0 Å². The second kappa shape index (κ2) is 6.68. The summed E-state index contributed by atoms with van der Waals surface area (Å²) in [5, 5.41) is 10.7. The Bertz CT molecular complexity index is 546. The van der Waals surface area contributed by atoms with E-state index in [4.69, 9.17) is 0 Å². The van der Waals surface area contributed by atoms with E-state index in [9.17, 15) is 9.90 Å². The number of piperidine rings is 1. The summed E-state index contributed by atoms with van der Waals surface area (Å²) >= 11 is 0. The molecule has 0 aromatic carbocycles. The molecule has 0 unspecified atom stereocenters. The van der Waals surface area contributed by atoms with E-state index in [0.717, 1.165) is 51.7 Å². The zero-order valence-electron chi connectivity index (χ0n) is 14.6. The first kappa shape index (κ1) is 16.6. The molecule has 1 saturated heterocycles. The highest BCUT2D eigenvalue weighted by molar-refractivity contribution is 5.76. The normalized spacial score (nSPS) is 27.8. The van der Waals surface area contributed by atoms with Crippen molar-refractivity contribution in [2.24, 2.45) is 5.92 Å². The van der Waals surface area contributed by atoms with Gasteiger partial charge >= 0.3 is 0 Å². The van der Waals surface area contributed by atoms with Crippen molar-refractivity contribution in [1.82, 2.24) is 9.47 Å². The van der Waals surface area contributed by atoms with Gasteiger partial charge in [-0.1, -0.05) is 12.8 Å². The molecule has 1 aliphatic heterocycles. The Morgan fingerprint density at radius 2 is 2.00 bits per heavy atom. The van der Waals surface area contributed by atoms with Crippen LogP contribution in [-0.2, 0) is 11.3 Å². The number of hydrogen-bond donors (Lipinski definition) is 1. The Morgan fingerprint density at radius 3 is 2.74 bits per heavy atom. The highest BCUT2D eigenvalue weighted by Crippen LogP contribution is 2.39. The molecule has 1 amide bonds. The molecule has 3 rings (SSSR count). The highest BCUT2D eigenvalue weighted by Gasteiger charge is 2.43. The Hall–Kier alpha value is -1.29. The van der Waals surface area contributed by atoms with Gasteiger partial charge in [0.1, 0.15) is 0 Å². The molecule has 0 bridgehead atoms. The van der Waals surface area contributed by atoms with Crippen LogP contribution in [0.1, 0.15) is 56.3 Å². The number of hydrogen-bond acceptors (Lipinski definition) is 2. The van der Waals surface area contributed by atoms with Gasteiger partial charge in [0, 0.05) is 43.4 Å². The number of fused-ring (bicyclic) bond motifs is 1. The minimum atomic E-state index is -0.492. The van der Waals surface area contributed by atoms with Crippen LogP contribution in [0.5, 0.6) is 0 Å². The van der Waals surface area contributed by atoms with Crippen molar-refractivity contribution in [3.05, 3.63) is 23.5 Å². The first-order valence-corrected chi connectivity index (χ1v) is 9.12. The van der Waals surface area contributed by atoms with E-state index < -0.39 is 5.60 Å². The zero-order valence-corrected chi connectivity index (χ0v) is 14.6. The van der Waals surface area contributed by atoms with Crippen LogP contribution in [-0.4, -0.2) is 39.2 Å². The number of carbonyl (C=O) groups excluding carboxylic acids is 1. The molecule has 4 heteroatoms. The summed E-state index contributed by atoms with van der Waals surface area (Å²) in [5.41, 5.74) is 2.04. The molecule has 1 aromatic rings. The van der Waals surface area contributed by atoms with Crippen LogP contribution in [0, 0.1) is 19.8 Å². The summed E-state index contributed by atoms with van der Waals surface area (Å²) in [6.07, 6.45) is 6.59. The molecule has 1 saturated carbocycles. The molecule has 2 aliphatic rings. The van der Waals surface area contributed by atoms with Gasteiger partial charge in [-0.3, -0.25) is 4.79 Å². The van der Waals surface area contributed by atoms with Gasteiger partial charge in [0.15, 0.2) is 0 Å². The van der Waals surface area contributed by atoms with Crippen molar-refractivity contribution in [2.75, 3.05) is 13.1 Å². The van der Waals surface area contributed by atoms with Gasteiger partial charge in [-0.15, -0.1) is 0 Å². The van der Waals surface area contributed by atoms with E-state index in [-0.39, 0.29) is 5.91 Å². The van der Waals surface area contributed by atoms with Gasteiger partial charge in [-0.05, 0) is 51.7 Å². The Balaban J connectivity index is 1.49. The number of rotatable bonds is 4. The van der Waals surface area contributed by atoms with Gasteiger partial charge in [0.05, 0.1) is 5.60 Å². The van der Waals surface area contributed by atoms with Gasteiger partial charge < -0.3 is 14.6 Å². The molecule has 0 spiro atoms. The molecular formula is C19H30N2O2. The Morgan fingerprint density at radius 1 is 1.26 bits per heavy atom. The molecule has 23 heavy (non-hydrogen) atoms. The second-order valence-corrected chi connectivity index (χ2v) is 7.51. The van der Waals surface area contributed by atoms with Crippen LogP contribution in [0.25, 0.3) is 0 Å². The molecule has 2 heterocycles. The maximum Gasteiger partial charge on any atom is 0.222 e. The van der Waals surface area contributed by atoms with Crippen LogP contribution in [0.3, 0.4) is 0 Å². The first-order valence-electron chi connectivity index (χ1n) is 9.12. The molecule has 1 aromatic heterocycles. The largest absolute Gasteiger partial charge is 0.389 e. The number of likely N-dealkylation sites (tertiary alicyclic amines) is 1. The van der Waals surface area contributed by atoms with Crippen molar-refractivity contribution < 1.29 is 9.90 Å². The minimum Gasteiger partial charge on any atom is -0.389 e. The summed E-state index contributed by atoms with van der Waals surface area (Å²) in [4.78, 5) is 14.5. The SMILES string of the molecule is Cc1ccc(C)n1CCCC(=O)N1CC[C@@]2(O)CCCC[C@H]2C1. The molecule has 128 valence electrons. The van der Waals surface area contributed by atoms with Crippen molar-refractivity contribution in [3.63, 3.8) is 0 Å². The monoisotopic (exact) mass is 318 g/mol. The number of amides is 1. The predicted octanol–water partition coefficient (Wildman–Crippen LogP) is 3.04. The molecular weight excluding hydrogens is 288 g/mol. The lowest BCUT2D eigenvalue weighted by Crippen LogP contribution is -2.54. The Labute approximate surface area is 139 Å². The topological polar surface area (TPSA) is 45.5 Å². The predicted molar refractivity (Wildman–Crippen MR) is 91.2 cm³/mol. The van der Waals surface area contributed by atoms with E-state index in [1.807, 2.05) is 4.90 Å². The van der Waals surface area contributed by atoms with Crippen molar-refractivity contribution in [3.8, 4) is 0 Å². The van der Waals surface area contributed by atoms with Crippen LogP contribution < -0.4 is 0 Å². The highest BCUT2D eigenvalue weighted by atomic mass is 16.3. The summed E-state index contributed by atoms with van der Waals surface area (Å²) in [6.45, 7) is 6.63. The third-order valence-electron chi connectivity index (χ3n) is 5.97. The number of aliphatic hydroxyl groups is 1. The zero-order chi connectivity index (χ0) is 16.4. The number of aryl methyl sites for hydroxylation is 2. The average molecular weight is 318 g/mol. The van der Waals surface area contributed by atoms with Crippen molar-refractivity contribution in [2.45, 2.75) is 70.9 Å². The molecule has 1 aliphatic carbocycles. The fourth-order valence-corrected chi connectivity index (χ4v) is 4.40. The van der Waals surface area contributed by atoms with Gasteiger partial charge in [-0.25, -0.2) is 0 Å². The van der Waals surface area contributed by atoms with E-state index in [1.54, 1.807) is 0 Å². The number of aromatic nitrogens is 1. The second-order valence-electron chi connectivity index (χ2n) is 7.51. The minimum absolute atomic E-state index is 0.264. The van der Waals surface area contributed by atoms with Gasteiger partial charge in [-0.2, -0.15) is 0 Å². The molecule has 2 atom stereocenters. The van der Waals surface area contributed by atoms with Crippen molar-refractivity contribution >= 4 is 5.91 Å². The standard InChI is InChI=1S/C19H30N2O2/c1-15-8-9-16(2)21(15)12-5-7-18(22)20-13-11-19(23)10-4-3-6-17(19)14-20/h8-9,17,23H,3-7,10-14H2,1-2H3/t17-,19-/m0/s1. The van der Waals surface area contributed by atoms with E-state index in [2.05, 4.69) is 30.5 Å². The molecule has 0 radical (unpaired) electrons. The quantitative estimate of drug-likeness (QED) is 0.927. The third kappa shape index (κ3) is 3.47. The average Bonchev–Trinajstić information content (AvgIpc) is 2.85. The van der Waals surface area contributed by atoms with Crippen molar-refractivity contribution in [1.29, 1.82) is 0 Å². The number of carbonyl (C=O) groups is 1. The van der Waals surface area contributed by atoms with Crippen LogP contribution in [0.2, 0.25) is 0 Å². The lowest BCUT2D eigenvalue weighted by atomic mass is 9.71. The molecule has 4 nitrogen and oxygen atoms in total. The summed E-state index contributed by atoms with van der Waals surface area (Å²) in [6, 6.07) is 4.26. The maximum absolute atomic E-state index is 12.5. The fraction of sp³-hybridized carbons (Fsp3) is 0.737. The van der Waals surface area contributed by atoms with Crippen LogP contribution in [0.15, 0.2) is 12.1 Å². The fourth-order valence-electron chi connectivity index (χ4n) is 4.40. The van der Waals surface area contributed by atoms with Gasteiger partial charge in [0.2, 0.25) is 5.91 Å². The Kier molecular flexibility index (Phi) is 4.81. The maximum atomic E-state index is 12.5. The smallest absolute Gasteiger partial charge is 0.222 e. The summed E-state index contributed by atoms with van der Waals surface area (Å²) in [5.74, 6) is 0.558. The van der Waals surface area contributed by atoms with E-state index in [1.165, 1.54) is 17.8 Å². The molecule has 1 N–H and O–H groups in total. The van der Waals surface area contributed by atoms with E-state index in [0.29, 0.717) is 12.3 Å². The summed E-state index contributed by atoms with van der Waals surface area (Å²) < 4.78 is 2.28. The number of nitrogens with zero attached hydrogens (tertiary/aromatic N) is 2.